The molecule has 0 radical (unpaired) electrons. The predicted molar refractivity (Wildman–Crippen MR) is 86.7 cm³/mol. The summed E-state index contributed by atoms with van der Waals surface area (Å²) in [6.07, 6.45) is 1.44. The summed E-state index contributed by atoms with van der Waals surface area (Å²) >= 11 is 11.3. The van der Waals surface area contributed by atoms with E-state index in [0.717, 1.165) is 0 Å². The molecule has 0 saturated heterocycles. The maximum atomic E-state index is 11.3. The van der Waals surface area contributed by atoms with Crippen LogP contribution in [0.5, 0.6) is 5.75 Å². The standard InChI is InChI=1S/C15H17Cl2N3O3/c1-15(2,3)12(23-14(17)21)13(20-9-18-8-19-20)22-11-6-4-10(16)5-7-11/h4-9,12-13H,1-3H3. The molecule has 0 amide bonds. The lowest BCUT2D eigenvalue weighted by Gasteiger charge is -2.35. The van der Waals surface area contributed by atoms with Crippen LogP contribution in [0.3, 0.4) is 0 Å². The van der Waals surface area contributed by atoms with E-state index in [1.807, 2.05) is 20.8 Å². The fourth-order valence-electron chi connectivity index (χ4n) is 2.02. The van der Waals surface area contributed by atoms with Gasteiger partial charge in [0.05, 0.1) is 0 Å². The smallest absolute Gasteiger partial charge is 0.404 e. The van der Waals surface area contributed by atoms with Gasteiger partial charge in [-0.25, -0.2) is 14.5 Å². The zero-order chi connectivity index (χ0) is 17.0. The van der Waals surface area contributed by atoms with Crippen LogP contribution in [0, 0.1) is 5.41 Å². The Morgan fingerprint density at radius 1 is 1.26 bits per heavy atom. The van der Waals surface area contributed by atoms with E-state index in [-0.39, 0.29) is 0 Å². The molecule has 0 bridgehead atoms. The molecule has 8 heteroatoms. The second kappa shape index (κ2) is 7.19. The molecular weight excluding hydrogens is 341 g/mol. The van der Waals surface area contributed by atoms with Crippen LogP contribution in [-0.2, 0) is 4.74 Å². The van der Waals surface area contributed by atoms with Gasteiger partial charge in [-0.15, -0.1) is 0 Å². The first-order valence-corrected chi connectivity index (χ1v) is 7.65. The van der Waals surface area contributed by atoms with Crippen LogP contribution < -0.4 is 4.74 Å². The third-order valence-electron chi connectivity index (χ3n) is 3.10. The summed E-state index contributed by atoms with van der Waals surface area (Å²) in [5.41, 5.74) is -1.36. The van der Waals surface area contributed by atoms with Crippen LogP contribution >= 0.6 is 23.2 Å². The number of benzene rings is 1. The van der Waals surface area contributed by atoms with E-state index in [0.29, 0.717) is 10.8 Å². The number of hydrogen-bond acceptors (Lipinski definition) is 5. The second-order valence-corrected chi connectivity index (χ2v) is 6.72. The highest BCUT2D eigenvalue weighted by Crippen LogP contribution is 2.33. The summed E-state index contributed by atoms with van der Waals surface area (Å²) in [5.74, 6) is 0.551. The Hall–Kier alpha value is -1.79. The number of aromatic nitrogens is 3. The van der Waals surface area contributed by atoms with E-state index in [1.165, 1.54) is 17.3 Å². The molecule has 2 aromatic rings. The Morgan fingerprint density at radius 3 is 2.39 bits per heavy atom. The van der Waals surface area contributed by atoms with Gasteiger partial charge in [-0.05, 0) is 24.3 Å². The van der Waals surface area contributed by atoms with Crippen molar-refractivity contribution in [1.82, 2.24) is 14.8 Å². The van der Waals surface area contributed by atoms with Crippen LogP contribution in [0.2, 0.25) is 5.02 Å². The largest absolute Gasteiger partial charge is 0.465 e. The SMILES string of the molecule is CC(C)(C)C(OC(=O)Cl)C(Oc1ccc(Cl)cc1)n1cncn1. The first kappa shape index (κ1) is 17.6. The molecule has 0 fully saturated rings. The van der Waals surface area contributed by atoms with Crippen molar-refractivity contribution in [3.63, 3.8) is 0 Å². The molecular formula is C15H17Cl2N3O3. The van der Waals surface area contributed by atoms with Gasteiger partial charge in [0.15, 0.2) is 6.10 Å². The molecule has 2 unspecified atom stereocenters. The second-order valence-electron chi connectivity index (χ2n) is 5.98. The molecule has 124 valence electrons. The molecule has 0 spiro atoms. The van der Waals surface area contributed by atoms with Crippen molar-refractivity contribution < 1.29 is 14.3 Å². The molecule has 1 aromatic heterocycles. The maximum Gasteiger partial charge on any atom is 0.404 e. The van der Waals surface area contributed by atoms with Gasteiger partial charge in [0.1, 0.15) is 18.4 Å². The first-order valence-electron chi connectivity index (χ1n) is 6.90. The quantitative estimate of drug-likeness (QED) is 0.746. The third kappa shape index (κ3) is 4.84. The molecule has 2 atom stereocenters. The minimum atomic E-state index is -0.908. The van der Waals surface area contributed by atoms with Crippen molar-refractivity contribution in [1.29, 1.82) is 0 Å². The van der Waals surface area contributed by atoms with E-state index in [1.54, 1.807) is 24.3 Å². The molecule has 6 nitrogen and oxygen atoms in total. The molecule has 1 aromatic carbocycles. The minimum Gasteiger partial charge on any atom is -0.465 e. The van der Waals surface area contributed by atoms with E-state index in [2.05, 4.69) is 10.1 Å². The number of rotatable bonds is 5. The highest BCUT2D eigenvalue weighted by Gasteiger charge is 2.39. The van der Waals surface area contributed by atoms with Crippen molar-refractivity contribution in [3.8, 4) is 5.75 Å². The number of carbonyl (C=O) groups is 1. The van der Waals surface area contributed by atoms with Crippen molar-refractivity contribution >= 4 is 28.6 Å². The summed E-state index contributed by atoms with van der Waals surface area (Å²) in [6.45, 7) is 5.73. The lowest BCUT2D eigenvalue weighted by atomic mass is 9.88. The first-order chi connectivity index (χ1) is 10.8. The normalized spacial score (nSPS) is 14.1. The number of hydrogen-bond donors (Lipinski definition) is 0. The molecule has 0 aliphatic carbocycles. The van der Waals surface area contributed by atoms with Crippen LogP contribution in [0.15, 0.2) is 36.9 Å². The lowest BCUT2D eigenvalue weighted by molar-refractivity contribution is -0.0729. The maximum absolute atomic E-state index is 11.3. The highest BCUT2D eigenvalue weighted by molar-refractivity contribution is 6.61. The zero-order valence-corrected chi connectivity index (χ0v) is 14.5. The van der Waals surface area contributed by atoms with E-state index in [9.17, 15) is 4.79 Å². The van der Waals surface area contributed by atoms with Gasteiger partial charge in [0, 0.05) is 22.0 Å². The monoisotopic (exact) mass is 357 g/mol. The zero-order valence-electron chi connectivity index (χ0n) is 12.9. The van der Waals surface area contributed by atoms with Crippen molar-refractivity contribution in [2.24, 2.45) is 5.41 Å². The van der Waals surface area contributed by atoms with Gasteiger partial charge < -0.3 is 9.47 Å². The van der Waals surface area contributed by atoms with Gasteiger partial charge in [-0.2, -0.15) is 5.10 Å². The Bertz CT molecular complexity index is 639. The topological polar surface area (TPSA) is 66.2 Å². The van der Waals surface area contributed by atoms with Crippen LogP contribution in [-0.4, -0.2) is 26.3 Å². The molecule has 2 rings (SSSR count). The Balaban J connectivity index is 2.36. The fraction of sp³-hybridized carbons (Fsp3) is 0.400. The van der Waals surface area contributed by atoms with Crippen molar-refractivity contribution in [2.75, 3.05) is 0 Å². The average molecular weight is 358 g/mol. The van der Waals surface area contributed by atoms with Gasteiger partial charge in [-0.1, -0.05) is 32.4 Å². The Kier molecular flexibility index (Phi) is 5.49. The predicted octanol–water partition coefficient (Wildman–Crippen LogP) is 4.30. The summed E-state index contributed by atoms with van der Waals surface area (Å²) in [5, 5.41) is 4.68. The molecule has 0 aliphatic rings. The van der Waals surface area contributed by atoms with E-state index >= 15 is 0 Å². The van der Waals surface area contributed by atoms with Gasteiger partial charge in [0.25, 0.3) is 0 Å². The third-order valence-corrected chi connectivity index (χ3v) is 3.44. The van der Waals surface area contributed by atoms with Crippen LogP contribution in [0.4, 0.5) is 4.79 Å². The Morgan fingerprint density at radius 2 is 1.91 bits per heavy atom. The average Bonchev–Trinajstić information content (AvgIpc) is 2.97. The fourth-order valence-corrected chi connectivity index (χ4v) is 2.24. The highest BCUT2D eigenvalue weighted by atomic mass is 35.5. The molecule has 23 heavy (non-hydrogen) atoms. The summed E-state index contributed by atoms with van der Waals surface area (Å²) in [6, 6.07) is 6.84. The lowest BCUT2D eigenvalue weighted by Crippen LogP contribution is -2.41. The molecule has 0 N–H and O–H groups in total. The Labute approximate surface area is 144 Å². The number of nitrogens with zero attached hydrogens (tertiary/aromatic N) is 3. The summed E-state index contributed by atoms with van der Waals surface area (Å²) in [7, 11) is 0. The van der Waals surface area contributed by atoms with E-state index < -0.39 is 23.2 Å². The minimum absolute atomic E-state index is 0.451. The number of ether oxygens (including phenoxy) is 2. The van der Waals surface area contributed by atoms with Crippen molar-refractivity contribution in [2.45, 2.75) is 33.1 Å². The summed E-state index contributed by atoms with van der Waals surface area (Å²) in [4.78, 5) is 15.2. The number of carbonyl (C=O) groups excluding carboxylic acids is 1. The van der Waals surface area contributed by atoms with Gasteiger partial charge in [0.2, 0.25) is 6.23 Å². The molecule has 0 saturated carbocycles. The van der Waals surface area contributed by atoms with Crippen LogP contribution in [0.25, 0.3) is 0 Å². The van der Waals surface area contributed by atoms with Crippen molar-refractivity contribution in [3.05, 3.63) is 41.9 Å². The summed E-state index contributed by atoms with van der Waals surface area (Å²) < 4.78 is 12.7. The van der Waals surface area contributed by atoms with Crippen LogP contribution in [0.1, 0.15) is 27.0 Å². The van der Waals surface area contributed by atoms with Gasteiger partial charge in [-0.3, -0.25) is 0 Å². The molecule has 1 heterocycles. The number of halogens is 2. The molecule has 0 aliphatic heterocycles. The van der Waals surface area contributed by atoms with Gasteiger partial charge >= 0.3 is 5.43 Å². The van der Waals surface area contributed by atoms with E-state index in [4.69, 9.17) is 32.7 Å².